The second kappa shape index (κ2) is 5.39. The smallest absolute Gasteiger partial charge is 0.242 e. The number of rotatable bonds is 7. The predicted octanol–water partition coefficient (Wildman–Crippen LogP) is 0.468. The van der Waals surface area contributed by atoms with E-state index in [1.807, 2.05) is 0 Å². The third-order valence-electron chi connectivity index (χ3n) is 3.17. The van der Waals surface area contributed by atoms with E-state index in [0.717, 1.165) is 5.69 Å². The number of nitrogens with one attached hydrogen (secondary N) is 4. The van der Waals surface area contributed by atoms with Crippen LogP contribution in [0.25, 0.3) is 0 Å². The van der Waals surface area contributed by atoms with E-state index < -0.39 is 10.0 Å². The number of nitrogens with zero attached hydrogens (tertiary/aromatic N) is 1. The number of aromatic nitrogens is 3. The third-order valence-corrected chi connectivity index (χ3v) is 4.55. The second-order valence-electron chi connectivity index (χ2n) is 4.88. The van der Waals surface area contributed by atoms with Crippen molar-refractivity contribution in [2.75, 3.05) is 0 Å². The van der Waals surface area contributed by atoms with Crippen molar-refractivity contribution in [3.05, 3.63) is 36.2 Å². The summed E-state index contributed by atoms with van der Waals surface area (Å²) in [5.74, 6) is 0.583. The van der Waals surface area contributed by atoms with Crippen LogP contribution in [-0.2, 0) is 23.1 Å². The quantitative estimate of drug-likeness (QED) is 0.596. The van der Waals surface area contributed by atoms with Gasteiger partial charge >= 0.3 is 0 Å². The highest BCUT2D eigenvalue weighted by molar-refractivity contribution is 7.89. The molecule has 2 aromatic rings. The van der Waals surface area contributed by atoms with Crippen LogP contribution in [-0.4, -0.2) is 29.4 Å². The predicted molar refractivity (Wildman–Crippen MR) is 73.3 cm³/mol. The van der Waals surface area contributed by atoms with E-state index >= 15 is 0 Å². The summed E-state index contributed by atoms with van der Waals surface area (Å²) in [6.45, 7) is 0.814. The largest absolute Gasteiger partial charge is 0.363 e. The molecule has 0 aromatic carbocycles. The van der Waals surface area contributed by atoms with Crippen LogP contribution in [0.1, 0.15) is 24.4 Å². The molecule has 4 N–H and O–H groups in total. The van der Waals surface area contributed by atoms with Gasteiger partial charge in [0.2, 0.25) is 10.0 Å². The molecule has 20 heavy (non-hydrogen) atoms. The molecule has 0 aliphatic heterocycles. The molecule has 0 atom stereocenters. The fraction of sp³-hybridized carbons (Fsp3) is 0.417. The number of imidazole rings is 1. The Labute approximate surface area is 117 Å². The van der Waals surface area contributed by atoms with E-state index in [4.69, 9.17) is 0 Å². The molecule has 0 radical (unpaired) electrons. The summed E-state index contributed by atoms with van der Waals surface area (Å²) < 4.78 is 26.7. The number of aromatic amines is 2. The molecule has 0 unspecified atom stereocenters. The summed E-state index contributed by atoms with van der Waals surface area (Å²) in [7, 11) is -3.51. The van der Waals surface area contributed by atoms with Crippen LogP contribution in [0.3, 0.4) is 0 Å². The highest BCUT2D eigenvalue weighted by Crippen LogP contribution is 2.19. The van der Waals surface area contributed by atoms with Crippen molar-refractivity contribution < 1.29 is 8.42 Å². The average Bonchev–Trinajstić information content (AvgIpc) is 2.94. The Bertz CT molecular complexity index is 658. The van der Waals surface area contributed by atoms with Gasteiger partial charge in [-0.1, -0.05) is 0 Å². The Kier molecular flexibility index (Phi) is 3.60. The van der Waals surface area contributed by atoms with E-state index in [1.165, 1.54) is 19.0 Å². The lowest BCUT2D eigenvalue weighted by Gasteiger charge is -2.02. The minimum absolute atomic E-state index is 0.149. The fourth-order valence-electron chi connectivity index (χ4n) is 1.86. The first-order valence-corrected chi connectivity index (χ1v) is 8.00. The summed E-state index contributed by atoms with van der Waals surface area (Å²) in [5.41, 5.74) is 0.871. The SMILES string of the molecule is O=S(=O)(NCc1ncc[nH]1)c1c[nH]c(CNC2CC2)c1. The van der Waals surface area contributed by atoms with Gasteiger partial charge in [0.15, 0.2) is 0 Å². The lowest BCUT2D eigenvalue weighted by Crippen LogP contribution is -2.23. The molecule has 108 valence electrons. The van der Waals surface area contributed by atoms with Gasteiger partial charge in [0.05, 0.1) is 11.4 Å². The Balaban J connectivity index is 1.61. The van der Waals surface area contributed by atoms with Gasteiger partial charge in [0, 0.05) is 36.9 Å². The maximum Gasteiger partial charge on any atom is 0.242 e. The van der Waals surface area contributed by atoms with Crippen molar-refractivity contribution in [2.45, 2.75) is 36.9 Å². The van der Waals surface area contributed by atoms with Gasteiger partial charge in [-0.15, -0.1) is 0 Å². The molecule has 1 saturated carbocycles. The van der Waals surface area contributed by atoms with Crippen LogP contribution in [0.2, 0.25) is 0 Å². The van der Waals surface area contributed by atoms with Gasteiger partial charge in [-0.2, -0.15) is 0 Å². The number of sulfonamides is 1. The summed E-state index contributed by atoms with van der Waals surface area (Å²) >= 11 is 0. The molecule has 0 saturated heterocycles. The molecule has 3 rings (SSSR count). The monoisotopic (exact) mass is 295 g/mol. The molecule has 2 heterocycles. The van der Waals surface area contributed by atoms with Crippen LogP contribution in [0.5, 0.6) is 0 Å². The molecule has 7 nitrogen and oxygen atoms in total. The molecule has 0 bridgehead atoms. The lowest BCUT2D eigenvalue weighted by molar-refractivity contribution is 0.579. The Morgan fingerprint density at radius 3 is 2.85 bits per heavy atom. The summed E-state index contributed by atoms with van der Waals surface area (Å²) in [4.78, 5) is 10.1. The maximum absolute atomic E-state index is 12.1. The van der Waals surface area contributed by atoms with Crippen molar-refractivity contribution in [3.8, 4) is 0 Å². The van der Waals surface area contributed by atoms with Crippen LogP contribution in [0.15, 0.2) is 29.6 Å². The first kappa shape index (κ1) is 13.3. The van der Waals surface area contributed by atoms with Crippen molar-refractivity contribution in [1.82, 2.24) is 25.0 Å². The van der Waals surface area contributed by atoms with E-state index in [0.29, 0.717) is 18.4 Å². The standard InChI is InChI=1S/C12H17N5O2S/c18-20(19,17-8-12-13-3-4-14-12)11-5-10(16-7-11)6-15-9-1-2-9/h3-5,7,9,15-17H,1-2,6,8H2,(H,13,14). The van der Waals surface area contributed by atoms with Gasteiger partial charge in [0.1, 0.15) is 5.82 Å². The average molecular weight is 295 g/mol. The molecule has 8 heteroatoms. The van der Waals surface area contributed by atoms with Crippen molar-refractivity contribution in [2.24, 2.45) is 0 Å². The van der Waals surface area contributed by atoms with Gasteiger partial charge in [-0.3, -0.25) is 0 Å². The first-order chi connectivity index (χ1) is 9.63. The molecule has 1 aliphatic carbocycles. The third kappa shape index (κ3) is 3.27. The zero-order valence-electron chi connectivity index (χ0n) is 10.9. The molecule has 0 amide bonds. The molecular formula is C12H17N5O2S. The minimum atomic E-state index is -3.51. The van der Waals surface area contributed by atoms with Crippen molar-refractivity contribution in [3.63, 3.8) is 0 Å². The summed E-state index contributed by atoms with van der Waals surface area (Å²) in [6, 6.07) is 2.25. The van der Waals surface area contributed by atoms with E-state index in [1.54, 1.807) is 18.5 Å². The normalized spacial score (nSPS) is 15.6. The zero-order valence-corrected chi connectivity index (χ0v) is 11.7. The Morgan fingerprint density at radius 2 is 2.15 bits per heavy atom. The van der Waals surface area contributed by atoms with Crippen molar-refractivity contribution in [1.29, 1.82) is 0 Å². The molecular weight excluding hydrogens is 278 g/mol. The van der Waals surface area contributed by atoms with Crippen molar-refractivity contribution >= 4 is 10.0 Å². The van der Waals surface area contributed by atoms with E-state index in [-0.39, 0.29) is 11.4 Å². The van der Waals surface area contributed by atoms with Gasteiger partial charge in [-0.05, 0) is 18.9 Å². The molecule has 0 spiro atoms. The van der Waals surface area contributed by atoms with Crippen LogP contribution in [0, 0.1) is 0 Å². The van der Waals surface area contributed by atoms with Crippen LogP contribution in [0.4, 0.5) is 0 Å². The highest BCUT2D eigenvalue weighted by atomic mass is 32.2. The summed E-state index contributed by atoms with van der Waals surface area (Å²) in [5, 5.41) is 3.33. The van der Waals surface area contributed by atoms with Gasteiger partial charge in [0.25, 0.3) is 0 Å². The molecule has 2 aromatic heterocycles. The Hall–Kier alpha value is -1.64. The van der Waals surface area contributed by atoms with Crippen LogP contribution >= 0.6 is 0 Å². The topological polar surface area (TPSA) is 103 Å². The first-order valence-electron chi connectivity index (χ1n) is 6.52. The van der Waals surface area contributed by atoms with E-state index in [9.17, 15) is 8.42 Å². The minimum Gasteiger partial charge on any atom is -0.363 e. The van der Waals surface area contributed by atoms with E-state index in [2.05, 4.69) is 25.0 Å². The van der Waals surface area contributed by atoms with Crippen LogP contribution < -0.4 is 10.0 Å². The fourth-order valence-corrected chi connectivity index (χ4v) is 2.86. The zero-order chi connectivity index (χ0) is 14.0. The molecule has 1 aliphatic rings. The lowest BCUT2D eigenvalue weighted by atomic mass is 10.4. The van der Waals surface area contributed by atoms with Gasteiger partial charge < -0.3 is 15.3 Å². The summed E-state index contributed by atoms with van der Waals surface area (Å²) in [6.07, 6.45) is 7.16. The van der Waals surface area contributed by atoms with Gasteiger partial charge in [-0.25, -0.2) is 18.1 Å². The molecule has 1 fully saturated rings. The second-order valence-corrected chi connectivity index (χ2v) is 6.64. The Morgan fingerprint density at radius 1 is 1.30 bits per heavy atom. The number of hydrogen-bond donors (Lipinski definition) is 4. The highest BCUT2D eigenvalue weighted by Gasteiger charge is 2.21. The number of H-pyrrole nitrogens is 2. The number of hydrogen-bond acceptors (Lipinski definition) is 4. The maximum atomic E-state index is 12.1.